The Hall–Kier alpha value is -2.38. The fraction of sp³-hybridized carbons (Fsp3) is 0.440. The molecule has 31 heavy (non-hydrogen) atoms. The van der Waals surface area contributed by atoms with E-state index in [0.717, 1.165) is 22.3 Å². The van der Waals surface area contributed by atoms with E-state index in [1.807, 2.05) is 55.5 Å². The van der Waals surface area contributed by atoms with Gasteiger partial charge in [-0.1, -0.05) is 55.5 Å². The molecule has 2 aromatic carbocycles. The molecule has 0 heterocycles. The lowest BCUT2D eigenvalue weighted by atomic mass is 9.89. The Morgan fingerprint density at radius 1 is 0.871 bits per heavy atom. The van der Waals surface area contributed by atoms with Gasteiger partial charge in [-0.3, -0.25) is 20.1 Å². The Balaban J connectivity index is 1.98. The third-order valence-electron chi connectivity index (χ3n) is 5.69. The van der Waals surface area contributed by atoms with E-state index in [1.165, 1.54) is 0 Å². The first kappa shape index (κ1) is 24.9. The van der Waals surface area contributed by atoms with E-state index in [2.05, 4.69) is 9.78 Å². The molecule has 0 aliphatic carbocycles. The third kappa shape index (κ3) is 6.55. The number of carbonyl (C=O) groups is 2. The summed E-state index contributed by atoms with van der Waals surface area (Å²) in [5.41, 5.74) is 1.41. The lowest BCUT2D eigenvalue weighted by Gasteiger charge is -2.22. The molecule has 6 nitrogen and oxygen atoms in total. The van der Waals surface area contributed by atoms with E-state index in [-0.39, 0.29) is 36.7 Å². The standard InChI is InChI=1S/C25H32O6/c1-17(19-9-7-11-21(16-19)25(4,5)31-29)23(27)13-12-22(26)15-18-8-6-10-20(14-18)24(2,3)30-28/h6-11,14,16-17,28-29H,12-13,15H2,1-5H3. The van der Waals surface area contributed by atoms with Gasteiger partial charge in [0.1, 0.15) is 22.8 Å². The van der Waals surface area contributed by atoms with Crippen molar-refractivity contribution in [3.05, 3.63) is 70.8 Å². The zero-order valence-electron chi connectivity index (χ0n) is 18.8. The molecule has 2 N–H and O–H groups in total. The van der Waals surface area contributed by atoms with Crippen LogP contribution in [-0.4, -0.2) is 22.1 Å². The minimum atomic E-state index is -0.876. The van der Waals surface area contributed by atoms with Crippen molar-refractivity contribution < 1.29 is 29.9 Å². The van der Waals surface area contributed by atoms with Crippen molar-refractivity contribution in [2.24, 2.45) is 0 Å². The minimum Gasteiger partial charge on any atom is -0.299 e. The molecule has 2 aromatic rings. The average Bonchev–Trinajstić information content (AvgIpc) is 2.77. The molecule has 0 radical (unpaired) electrons. The number of ketones is 2. The minimum absolute atomic E-state index is 0.0169. The highest BCUT2D eigenvalue weighted by molar-refractivity contribution is 5.90. The predicted octanol–water partition coefficient (Wildman–Crippen LogP) is 5.40. The van der Waals surface area contributed by atoms with Crippen molar-refractivity contribution in [3.63, 3.8) is 0 Å². The van der Waals surface area contributed by atoms with Gasteiger partial charge in [-0.15, -0.1) is 0 Å². The number of Topliss-reactive ketones (excluding diaryl/α,β-unsaturated/α-hetero) is 2. The molecular formula is C25H32O6. The second kappa shape index (κ2) is 10.3. The van der Waals surface area contributed by atoms with Crippen molar-refractivity contribution in [2.75, 3.05) is 0 Å². The van der Waals surface area contributed by atoms with Gasteiger partial charge in [-0.2, -0.15) is 0 Å². The van der Waals surface area contributed by atoms with Crippen LogP contribution in [0.3, 0.4) is 0 Å². The van der Waals surface area contributed by atoms with Crippen LogP contribution in [0.1, 0.15) is 75.6 Å². The van der Waals surface area contributed by atoms with Gasteiger partial charge in [0.15, 0.2) is 0 Å². The Bertz CT molecular complexity index is 916. The summed E-state index contributed by atoms with van der Waals surface area (Å²) in [7, 11) is 0. The molecule has 2 rings (SSSR count). The Morgan fingerprint density at radius 2 is 1.42 bits per heavy atom. The van der Waals surface area contributed by atoms with Crippen LogP contribution in [-0.2, 0) is 37.0 Å². The molecule has 0 bridgehead atoms. The summed E-state index contributed by atoms with van der Waals surface area (Å²) < 4.78 is 0. The van der Waals surface area contributed by atoms with Crippen LogP contribution in [0.25, 0.3) is 0 Å². The van der Waals surface area contributed by atoms with Crippen LogP contribution < -0.4 is 0 Å². The summed E-state index contributed by atoms with van der Waals surface area (Å²) in [6.45, 7) is 8.76. The largest absolute Gasteiger partial charge is 0.299 e. The maximum absolute atomic E-state index is 12.7. The van der Waals surface area contributed by atoms with Crippen LogP contribution >= 0.6 is 0 Å². The molecule has 0 aliphatic heterocycles. The van der Waals surface area contributed by atoms with Crippen LogP contribution in [0.5, 0.6) is 0 Å². The quantitative estimate of drug-likeness (QED) is 0.368. The highest BCUT2D eigenvalue weighted by atomic mass is 17.1. The van der Waals surface area contributed by atoms with Crippen molar-refractivity contribution in [1.29, 1.82) is 0 Å². The summed E-state index contributed by atoms with van der Waals surface area (Å²) in [4.78, 5) is 34.2. The van der Waals surface area contributed by atoms with Gasteiger partial charge >= 0.3 is 0 Å². The molecule has 0 spiro atoms. The summed E-state index contributed by atoms with van der Waals surface area (Å²) in [5, 5.41) is 18.2. The van der Waals surface area contributed by atoms with E-state index in [1.54, 1.807) is 27.7 Å². The number of benzene rings is 2. The molecule has 6 heteroatoms. The van der Waals surface area contributed by atoms with Crippen LogP contribution in [0.4, 0.5) is 0 Å². The first-order valence-electron chi connectivity index (χ1n) is 10.4. The van der Waals surface area contributed by atoms with Crippen molar-refractivity contribution >= 4 is 11.6 Å². The average molecular weight is 429 g/mol. The lowest BCUT2D eigenvalue weighted by Crippen LogP contribution is -2.20. The first-order valence-corrected chi connectivity index (χ1v) is 10.4. The second-order valence-corrected chi connectivity index (χ2v) is 8.93. The fourth-order valence-corrected chi connectivity index (χ4v) is 3.32. The van der Waals surface area contributed by atoms with Gasteiger partial charge in [-0.25, -0.2) is 9.78 Å². The van der Waals surface area contributed by atoms with Crippen LogP contribution in [0.2, 0.25) is 0 Å². The fourth-order valence-electron chi connectivity index (χ4n) is 3.32. The molecule has 168 valence electrons. The summed E-state index contributed by atoms with van der Waals surface area (Å²) in [6.07, 6.45) is 0.543. The van der Waals surface area contributed by atoms with Gasteiger partial charge < -0.3 is 0 Å². The maximum atomic E-state index is 12.7. The number of rotatable bonds is 11. The zero-order chi connectivity index (χ0) is 23.2. The maximum Gasteiger partial charge on any atom is 0.140 e. The molecule has 1 unspecified atom stereocenters. The molecule has 0 fully saturated rings. The van der Waals surface area contributed by atoms with E-state index < -0.39 is 11.2 Å². The van der Waals surface area contributed by atoms with Crippen LogP contribution in [0.15, 0.2) is 48.5 Å². The molecule has 1 atom stereocenters. The molecule has 0 amide bonds. The molecular weight excluding hydrogens is 396 g/mol. The topological polar surface area (TPSA) is 93.1 Å². The van der Waals surface area contributed by atoms with Gasteiger partial charge in [0, 0.05) is 25.2 Å². The molecule has 0 saturated heterocycles. The van der Waals surface area contributed by atoms with Gasteiger partial charge in [0.25, 0.3) is 0 Å². The summed E-state index contributed by atoms with van der Waals surface area (Å²) >= 11 is 0. The highest BCUT2D eigenvalue weighted by Gasteiger charge is 2.24. The number of hydrogen-bond donors (Lipinski definition) is 2. The van der Waals surface area contributed by atoms with Gasteiger partial charge in [-0.05, 0) is 49.9 Å². The van der Waals surface area contributed by atoms with Crippen molar-refractivity contribution in [2.45, 2.75) is 71.0 Å². The molecule has 0 aliphatic rings. The summed E-state index contributed by atoms with van der Waals surface area (Å²) in [6, 6.07) is 14.7. The Labute approximate surface area is 183 Å². The van der Waals surface area contributed by atoms with Crippen molar-refractivity contribution in [1.82, 2.24) is 0 Å². The SMILES string of the molecule is CC(C(=O)CCC(=O)Cc1cccc(C(C)(C)OO)c1)c1cccc(C(C)(C)OO)c1. The lowest BCUT2D eigenvalue weighted by molar-refractivity contribution is -0.318. The predicted molar refractivity (Wildman–Crippen MR) is 118 cm³/mol. The number of hydrogen-bond acceptors (Lipinski definition) is 6. The highest BCUT2D eigenvalue weighted by Crippen LogP contribution is 2.28. The van der Waals surface area contributed by atoms with E-state index in [4.69, 9.17) is 10.5 Å². The van der Waals surface area contributed by atoms with Crippen LogP contribution in [0, 0.1) is 0 Å². The van der Waals surface area contributed by atoms with E-state index in [0.29, 0.717) is 0 Å². The Kier molecular flexibility index (Phi) is 8.26. The third-order valence-corrected chi connectivity index (χ3v) is 5.69. The summed E-state index contributed by atoms with van der Waals surface area (Å²) in [5.74, 6) is -0.408. The van der Waals surface area contributed by atoms with Gasteiger partial charge in [0.2, 0.25) is 0 Å². The normalized spacial score (nSPS) is 13.1. The molecule has 0 saturated carbocycles. The van der Waals surface area contributed by atoms with E-state index >= 15 is 0 Å². The smallest absolute Gasteiger partial charge is 0.140 e. The molecule has 0 aromatic heterocycles. The first-order chi connectivity index (χ1) is 14.5. The van der Waals surface area contributed by atoms with E-state index in [9.17, 15) is 9.59 Å². The monoisotopic (exact) mass is 428 g/mol. The number of carbonyl (C=O) groups excluding carboxylic acids is 2. The second-order valence-electron chi connectivity index (χ2n) is 8.93. The van der Waals surface area contributed by atoms with Crippen molar-refractivity contribution in [3.8, 4) is 0 Å². The van der Waals surface area contributed by atoms with Gasteiger partial charge in [0.05, 0.1) is 0 Å². The Morgan fingerprint density at radius 3 is 2.00 bits per heavy atom. The zero-order valence-corrected chi connectivity index (χ0v) is 18.8.